The second-order valence-electron chi connectivity index (χ2n) is 3.92. The third-order valence-corrected chi connectivity index (χ3v) is 3.01. The molecule has 0 radical (unpaired) electrons. The number of hydrogen-bond donors (Lipinski definition) is 1. The molecular weight excluding hydrogens is 285 g/mol. The summed E-state index contributed by atoms with van der Waals surface area (Å²) in [6.07, 6.45) is 0. The molecule has 2 aromatic rings. The zero-order chi connectivity index (χ0) is 13.8. The van der Waals surface area contributed by atoms with E-state index in [1.807, 2.05) is 12.1 Å². The summed E-state index contributed by atoms with van der Waals surface area (Å²) in [7, 11) is 0. The minimum Gasteiger partial charge on any atom is -0.486 e. The molecule has 0 saturated carbocycles. The molecule has 0 aromatic heterocycles. The highest BCUT2D eigenvalue weighted by atomic mass is 35.5. The SMILES string of the molecule is NC(=S)c1ccc(OCc2ccc(Cl)cc2)c(F)c1. The molecule has 2 N–H and O–H groups in total. The van der Waals surface area contributed by atoms with E-state index in [2.05, 4.69) is 0 Å². The molecule has 2 nitrogen and oxygen atoms in total. The highest BCUT2D eigenvalue weighted by Gasteiger charge is 2.06. The van der Waals surface area contributed by atoms with Crippen LogP contribution in [-0.2, 0) is 6.61 Å². The van der Waals surface area contributed by atoms with Crippen molar-refractivity contribution in [3.8, 4) is 5.75 Å². The lowest BCUT2D eigenvalue weighted by atomic mass is 10.2. The fourth-order valence-electron chi connectivity index (χ4n) is 1.51. The second-order valence-corrected chi connectivity index (χ2v) is 4.80. The monoisotopic (exact) mass is 295 g/mol. The van der Waals surface area contributed by atoms with Gasteiger partial charge in [-0.25, -0.2) is 4.39 Å². The Bertz CT molecular complexity index is 601. The smallest absolute Gasteiger partial charge is 0.165 e. The standard InChI is InChI=1S/C14H11ClFNOS/c15-11-4-1-9(2-5-11)8-18-13-6-3-10(14(17)19)7-12(13)16/h1-7H,8H2,(H2,17,19). The molecule has 0 aliphatic rings. The van der Waals surface area contributed by atoms with E-state index in [-0.39, 0.29) is 17.3 Å². The first-order chi connectivity index (χ1) is 9.06. The van der Waals surface area contributed by atoms with Crippen molar-refractivity contribution in [2.24, 2.45) is 5.73 Å². The van der Waals surface area contributed by atoms with Gasteiger partial charge >= 0.3 is 0 Å². The Kier molecular flexibility index (Phi) is 4.35. The largest absolute Gasteiger partial charge is 0.486 e. The van der Waals surface area contributed by atoms with Gasteiger partial charge in [0.1, 0.15) is 11.6 Å². The van der Waals surface area contributed by atoms with Gasteiger partial charge in [-0.15, -0.1) is 0 Å². The number of rotatable bonds is 4. The quantitative estimate of drug-likeness (QED) is 0.874. The van der Waals surface area contributed by atoms with E-state index in [0.717, 1.165) is 5.56 Å². The summed E-state index contributed by atoms with van der Waals surface area (Å²) in [6.45, 7) is 0.264. The first-order valence-corrected chi connectivity index (χ1v) is 6.31. The third-order valence-electron chi connectivity index (χ3n) is 2.52. The fraction of sp³-hybridized carbons (Fsp3) is 0.0714. The maximum atomic E-state index is 13.7. The van der Waals surface area contributed by atoms with Gasteiger partial charge in [0, 0.05) is 10.6 Å². The van der Waals surface area contributed by atoms with Gasteiger partial charge in [-0.1, -0.05) is 36.0 Å². The van der Waals surface area contributed by atoms with Crippen molar-refractivity contribution < 1.29 is 9.13 Å². The maximum absolute atomic E-state index is 13.7. The molecule has 0 heterocycles. The van der Waals surface area contributed by atoms with E-state index in [1.165, 1.54) is 12.1 Å². The van der Waals surface area contributed by atoms with Gasteiger partial charge in [0.25, 0.3) is 0 Å². The van der Waals surface area contributed by atoms with Gasteiger partial charge in [0.2, 0.25) is 0 Å². The van der Waals surface area contributed by atoms with Crippen LogP contribution in [0.5, 0.6) is 5.75 Å². The third kappa shape index (κ3) is 3.66. The molecule has 19 heavy (non-hydrogen) atoms. The molecule has 0 atom stereocenters. The zero-order valence-electron chi connectivity index (χ0n) is 9.90. The Balaban J connectivity index is 2.07. The molecule has 0 spiro atoms. The molecule has 0 fully saturated rings. The number of hydrogen-bond acceptors (Lipinski definition) is 2. The number of benzene rings is 2. The average molecular weight is 296 g/mol. The van der Waals surface area contributed by atoms with Crippen LogP contribution >= 0.6 is 23.8 Å². The zero-order valence-corrected chi connectivity index (χ0v) is 11.5. The highest BCUT2D eigenvalue weighted by molar-refractivity contribution is 7.80. The first-order valence-electron chi connectivity index (χ1n) is 5.53. The van der Waals surface area contributed by atoms with Crippen LogP contribution in [0.25, 0.3) is 0 Å². The molecule has 98 valence electrons. The molecule has 0 bridgehead atoms. The van der Waals surface area contributed by atoms with E-state index in [1.54, 1.807) is 18.2 Å². The van der Waals surface area contributed by atoms with Crippen molar-refractivity contribution in [2.75, 3.05) is 0 Å². The Labute approximate surface area is 120 Å². The molecule has 2 aromatic carbocycles. The number of halogens is 2. The van der Waals surface area contributed by atoms with Gasteiger partial charge in [-0.2, -0.15) is 0 Å². The summed E-state index contributed by atoms with van der Waals surface area (Å²) in [4.78, 5) is 0.156. The minimum absolute atomic E-state index is 0.156. The van der Waals surface area contributed by atoms with E-state index >= 15 is 0 Å². The maximum Gasteiger partial charge on any atom is 0.165 e. The Morgan fingerprint density at radius 3 is 2.47 bits per heavy atom. The van der Waals surface area contributed by atoms with E-state index in [4.69, 9.17) is 34.3 Å². The summed E-state index contributed by atoms with van der Waals surface area (Å²) >= 11 is 10.6. The van der Waals surface area contributed by atoms with Crippen molar-refractivity contribution in [1.82, 2.24) is 0 Å². The van der Waals surface area contributed by atoms with Crippen LogP contribution in [-0.4, -0.2) is 4.99 Å². The summed E-state index contributed by atoms with van der Waals surface area (Å²) < 4.78 is 19.1. The molecule has 0 saturated heterocycles. The van der Waals surface area contributed by atoms with E-state index in [0.29, 0.717) is 10.6 Å². The number of thiocarbonyl (C=S) groups is 1. The first kappa shape index (κ1) is 13.8. The molecular formula is C14H11ClFNOS. The Morgan fingerprint density at radius 1 is 1.21 bits per heavy atom. The van der Waals surface area contributed by atoms with Gasteiger partial charge < -0.3 is 10.5 Å². The highest BCUT2D eigenvalue weighted by Crippen LogP contribution is 2.20. The molecule has 5 heteroatoms. The van der Waals surface area contributed by atoms with Crippen molar-refractivity contribution in [3.63, 3.8) is 0 Å². The van der Waals surface area contributed by atoms with Gasteiger partial charge in [-0.3, -0.25) is 0 Å². The lowest BCUT2D eigenvalue weighted by Crippen LogP contribution is -2.09. The predicted molar refractivity (Wildman–Crippen MR) is 78.1 cm³/mol. The molecule has 2 rings (SSSR count). The van der Waals surface area contributed by atoms with Gasteiger partial charge in [-0.05, 0) is 35.9 Å². The van der Waals surface area contributed by atoms with Gasteiger partial charge in [0.05, 0.1) is 0 Å². The lowest BCUT2D eigenvalue weighted by molar-refractivity contribution is 0.290. The molecule has 0 aliphatic heterocycles. The summed E-state index contributed by atoms with van der Waals surface area (Å²) in [5.74, 6) is -0.325. The summed E-state index contributed by atoms with van der Waals surface area (Å²) in [6, 6.07) is 11.6. The topological polar surface area (TPSA) is 35.2 Å². The van der Waals surface area contributed by atoms with Crippen molar-refractivity contribution >= 4 is 28.8 Å². The summed E-state index contributed by atoms with van der Waals surface area (Å²) in [5.41, 5.74) is 6.81. The summed E-state index contributed by atoms with van der Waals surface area (Å²) in [5, 5.41) is 0.649. The van der Waals surface area contributed by atoms with E-state index < -0.39 is 5.82 Å². The van der Waals surface area contributed by atoms with Crippen LogP contribution in [0.2, 0.25) is 5.02 Å². The number of nitrogens with two attached hydrogens (primary N) is 1. The number of ether oxygens (including phenoxy) is 1. The minimum atomic E-state index is -0.487. The molecule has 0 unspecified atom stereocenters. The normalized spacial score (nSPS) is 10.2. The van der Waals surface area contributed by atoms with Crippen LogP contribution in [0.15, 0.2) is 42.5 Å². The average Bonchev–Trinajstić information content (AvgIpc) is 2.39. The molecule has 0 amide bonds. The molecule has 0 aliphatic carbocycles. The van der Waals surface area contributed by atoms with Gasteiger partial charge in [0.15, 0.2) is 11.6 Å². The van der Waals surface area contributed by atoms with Crippen molar-refractivity contribution in [1.29, 1.82) is 0 Å². The van der Waals surface area contributed by atoms with Crippen LogP contribution in [0.4, 0.5) is 4.39 Å². The Morgan fingerprint density at radius 2 is 1.89 bits per heavy atom. The lowest BCUT2D eigenvalue weighted by Gasteiger charge is -2.08. The predicted octanol–water partition coefficient (Wildman–Crippen LogP) is 3.69. The van der Waals surface area contributed by atoms with Crippen LogP contribution in [0.1, 0.15) is 11.1 Å². The fourth-order valence-corrected chi connectivity index (χ4v) is 1.77. The van der Waals surface area contributed by atoms with E-state index in [9.17, 15) is 4.39 Å². The van der Waals surface area contributed by atoms with Crippen LogP contribution in [0, 0.1) is 5.82 Å². The Hall–Kier alpha value is -1.65. The van der Waals surface area contributed by atoms with Crippen LogP contribution < -0.4 is 10.5 Å². The second kappa shape index (κ2) is 5.99. The van der Waals surface area contributed by atoms with Crippen molar-refractivity contribution in [3.05, 3.63) is 64.4 Å². The van der Waals surface area contributed by atoms with Crippen molar-refractivity contribution in [2.45, 2.75) is 6.61 Å². The van der Waals surface area contributed by atoms with Crippen LogP contribution in [0.3, 0.4) is 0 Å².